The third-order valence-electron chi connectivity index (χ3n) is 8.09. The lowest BCUT2D eigenvalue weighted by Gasteiger charge is -2.36. The van der Waals surface area contributed by atoms with E-state index in [2.05, 4.69) is 29.1 Å². The Labute approximate surface area is 258 Å². The zero-order chi connectivity index (χ0) is 31.2. The molecule has 2 saturated carbocycles. The second kappa shape index (κ2) is 14.3. The molecular weight excluding hydrogens is 583 g/mol. The van der Waals surface area contributed by atoms with Crippen LogP contribution in [0.4, 0.5) is 4.79 Å². The van der Waals surface area contributed by atoms with Gasteiger partial charge in [-0.15, -0.1) is 36.4 Å². The number of hydrogen-bond acceptors (Lipinski definition) is 6. The molecule has 3 aliphatic rings. The maximum absolute atomic E-state index is 14.1. The van der Waals surface area contributed by atoms with Gasteiger partial charge in [0.25, 0.3) is 5.91 Å². The van der Waals surface area contributed by atoms with Gasteiger partial charge in [-0.3, -0.25) is 19.2 Å². The number of likely N-dealkylation sites (tertiary alicyclic amines) is 1. The fourth-order valence-electron chi connectivity index (χ4n) is 5.94. The first-order valence-electron chi connectivity index (χ1n) is 14.7. The molecule has 3 fully saturated rings. The summed E-state index contributed by atoms with van der Waals surface area (Å²) in [6.07, 6.45) is 7.88. The number of piperidine rings is 1. The number of carbonyl (C=O) groups is 5. The third-order valence-corrected chi connectivity index (χ3v) is 9.16. The Kier molecular flexibility index (Phi) is 11.5. The van der Waals surface area contributed by atoms with E-state index >= 15 is 0 Å². The lowest BCUT2D eigenvalue weighted by atomic mass is 9.83. The molecule has 4 amide bonds. The van der Waals surface area contributed by atoms with Gasteiger partial charge < -0.3 is 25.6 Å². The van der Waals surface area contributed by atoms with Crippen LogP contribution in [0.1, 0.15) is 72.1 Å². The van der Waals surface area contributed by atoms with Gasteiger partial charge in [-0.2, -0.15) is 0 Å². The van der Waals surface area contributed by atoms with E-state index in [0.717, 1.165) is 32.1 Å². The van der Waals surface area contributed by atoms with Crippen molar-refractivity contribution in [1.82, 2.24) is 20.9 Å². The summed E-state index contributed by atoms with van der Waals surface area (Å²) >= 11 is 13.0. The monoisotopic (exact) mass is 626 g/mol. The summed E-state index contributed by atoms with van der Waals surface area (Å²) in [4.78, 5) is 67.6. The molecule has 12 heteroatoms. The van der Waals surface area contributed by atoms with Crippen LogP contribution in [0.15, 0.2) is 25.3 Å². The molecule has 2 aliphatic carbocycles. The van der Waals surface area contributed by atoms with Crippen LogP contribution in [0.2, 0.25) is 0 Å². The number of fused-ring (bicyclic) bond motifs is 1. The Morgan fingerprint density at radius 3 is 2.26 bits per heavy atom. The molecule has 3 rings (SSSR count). The van der Waals surface area contributed by atoms with E-state index in [4.69, 9.17) is 27.9 Å². The topological polar surface area (TPSA) is 134 Å². The van der Waals surface area contributed by atoms with Crippen molar-refractivity contribution in [3.05, 3.63) is 25.3 Å². The second-order valence-electron chi connectivity index (χ2n) is 12.4. The Morgan fingerprint density at radius 1 is 1.02 bits per heavy atom. The molecule has 0 spiro atoms. The molecule has 5 atom stereocenters. The van der Waals surface area contributed by atoms with Gasteiger partial charge in [0.2, 0.25) is 17.6 Å². The fraction of sp³-hybridized carbons (Fsp3) is 0.700. The second-order valence-corrected chi connectivity index (χ2v) is 13.8. The molecule has 0 bridgehead atoms. The highest BCUT2D eigenvalue weighted by Crippen LogP contribution is 2.65. The average molecular weight is 628 g/mol. The molecule has 1 saturated heterocycles. The Hall–Kier alpha value is -2.59. The van der Waals surface area contributed by atoms with Crippen LogP contribution in [0.5, 0.6) is 0 Å². The Balaban J connectivity index is 1.83. The number of halogens is 2. The zero-order valence-electron chi connectivity index (χ0n) is 24.8. The molecule has 1 aliphatic heterocycles. The van der Waals surface area contributed by atoms with Crippen molar-refractivity contribution in [2.24, 2.45) is 17.8 Å². The van der Waals surface area contributed by atoms with Crippen molar-refractivity contribution in [2.75, 3.05) is 13.1 Å². The molecule has 234 valence electrons. The first-order chi connectivity index (χ1) is 19.7. The molecule has 2 unspecified atom stereocenters. The minimum atomic E-state index is -1.21. The average Bonchev–Trinajstić information content (AvgIpc) is 3.24. The van der Waals surface area contributed by atoms with Crippen LogP contribution >= 0.6 is 23.2 Å². The third kappa shape index (κ3) is 8.28. The van der Waals surface area contributed by atoms with Gasteiger partial charge in [-0.25, -0.2) is 4.79 Å². The molecule has 3 N–H and O–H groups in total. The number of allylic oxidation sites excluding steroid dienone is 1. The lowest BCUT2D eigenvalue weighted by Crippen LogP contribution is -2.60. The smallest absolute Gasteiger partial charge is 0.408 e. The van der Waals surface area contributed by atoms with Crippen LogP contribution in [-0.4, -0.2) is 75.6 Å². The van der Waals surface area contributed by atoms with Crippen LogP contribution in [0.25, 0.3) is 0 Å². The van der Waals surface area contributed by atoms with Crippen LogP contribution < -0.4 is 16.0 Å². The molecule has 10 nitrogen and oxygen atoms in total. The van der Waals surface area contributed by atoms with Crippen molar-refractivity contribution in [3.8, 4) is 0 Å². The van der Waals surface area contributed by atoms with E-state index in [1.165, 1.54) is 4.90 Å². The normalized spacial score (nSPS) is 24.4. The predicted molar refractivity (Wildman–Crippen MR) is 161 cm³/mol. The van der Waals surface area contributed by atoms with Crippen LogP contribution in [-0.2, 0) is 23.9 Å². The number of Topliss-reactive ketones (excluding diaryl/α,β-unsaturated/α-hetero) is 1. The summed E-state index contributed by atoms with van der Waals surface area (Å²) in [5.41, 5.74) is -0.760. The standard InChI is InChI=1S/C30H44Cl2N4O6/c1-6-8-15-20(24(37)26(39)33-16-9-7-2)34-25(38)23-21-19(30(21,31)32)17-36(23)27(40)22(18-13-11-10-12-14-18)35-28(41)42-29(3,4)5/h6-7,18-23H,1-2,8-17H2,3-5H3,(H,33,39)(H,34,38)(H,35,41)/t19-,20+,21-,22?,23?/m1/s1. The van der Waals surface area contributed by atoms with E-state index in [9.17, 15) is 24.0 Å². The maximum Gasteiger partial charge on any atom is 0.408 e. The molecular formula is C30H44Cl2N4O6. The summed E-state index contributed by atoms with van der Waals surface area (Å²) in [5.74, 6) is -3.70. The number of ether oxygens (including phenoxy) is 1. The maximum atomic E-state index is 14.1. The van der Waals surface area contributed by atoms with Gasteiger partial charge in [0.15, 0.2) is 0 Å². The molecule has 0 aromatic carbocycles. The van der Waals surface area contributed by atoms with Crippen molar-refractivity contribution >= 4 is 52.8 Å². The quantitative estimate of drug-likeness (QED) is 0.123. The number of nitrogens with zero attached hydrogens (tertiary/aromatic N) is 1. The minimum Gasteiger partial charge on any atom is -0.444 e. The van der Waals surface area contributed by atoms with Crippen molar-refractivity contribution in [3.63, 3.8) is 0 Å². The van der Waals surface area contributed by atoms with Gasteiger partial charge in [-0.05, 0) is 58.8 Å². The van der Waals surface area contributed by atoms with Crippen molar-refractivity contribution in [1.29, 1.82) is 0 Å². The van der Waals surface area contributed by atoms with Crippen molar-refractivity contribution < 1.29 is 28.7 Å². The van der Waals surface area contributed by atoms with Crippen molar-refractivity contribution in [2.45, 2.75) is 100 Å². The lowest BCUT2D eigenvalue weighted by molar-refractivity contribution is -0.144. The number of amides is 4. The van der Waals surface area contributed by atoms with Gasteiger partial charge in [0.1, 0.15) is 22.0 Å². The van der Waals surface area contributed by atoms with E-state index < -0.39 is 63.6 Å². The number of carbonyl (C=O) groups excluding carboxylic acids is 5. The van der Waals surface area contributed by atoms with E-state index in [1.807, 2.05) is 0 Å². The van der Waals surface area contributed by atoms with Crippen LogP contribution in [0, 0.1) is 17.8 Å². The van der Waals surface area contributed by atoms with E-state index in [0.29, 0.717) is 12.8 Å². The largest absolute Gasteiger partial charge is 0.444 e. The number of ketones is 1. The minimum absolute atomic E-state index is 0.126. The highest BCUT2D eigenvalue weighted by Gasteiger charge is 2.74. The SMILES string of the molecule is C=CCCNC(=O)C(=O)[C@H](CCC=C)NC(=O)C1[C@H]2[C@@H](CN1C(=O)C(NC(=O)OC(C)(C)C)C1CCCCC1)C2(Cl)Cl. The molecule has 0 aromatic rings. The van der Waals surface area contributed by atoms with Gasteiger partial charge in [0.05, 0.1) is 6.04 Å². The zero-order valence-corrected chi connectivity index (χ0v) is 26.3. The fourth-order valence-corrected chi connectivity index (χ4v) is 6.77. The summed E-state index contributed by atoms with van der Waals surface area (Å²) in [7, 11) is 0. The Bertz CT molecular complexity index is 1070. The molecule has 0 radical (unpaired) electrons. The number of hydrogen-bond donors (Lipinski definition) is 3. The highest BCUT2D eigenvalue weighted by atomic mass is 35.5. The summed E-state index contributed by atoms with van der Waals surface area (Å²) < 4.78 is 4.24. The number of rotatable bonds is 13. The number of alkyl carbamates (subject to hydrolysis) is 1. The molecule has 42 heavy (non-hydrogen) atoms. The van der Waals surface area contributed by atoms with Gasteiger partial charge in [-0.1, -0.05) is 31.4 Å². The first kappa shape index (κ1) is 33.9. The Morgan fingerprint density at radius 2 is 1.67 bits per heavy atom. The summed E-state index contributed by atoms with van der Waals surface area (Å²) in [6, 6.07) is -3.11. The van der Waals surface area contributed by atoms with E-state index in [-0.39, 0.29) is 31.3 Å². The van der Waals surface area contributed by atoms with Crippen LogP contribution in [0.3, 0.4) is 0 Å². The summed E-state index contributed by atoms with van der Waals surface area (Å²) in [6.45, 7) is 12.8. The molecule has 1 heterocycles. The van der Waals surface area contributed by atoms with Gasteiger partial charge >= 0.3 is 6.09 Å². The predicted octanol–water partition coefficient (Wildman–Crippen LogP) is 3.80. The molecule has 0 aromatic heterocycles. The van der Waals surface area contributed by atoms with Gasteiger partial charge in [0, 0.05) is 24.9 Å². The first-order valence-corrected chi connectivity index (χ1v) is 15.5. The number of nitrogens with one attached hydrogen (secondary N) is 3. The number of alkyl halides is 2. The van der Waals surface area contributed by atoms with E-state index in [1.54, 1.807) is 32.9 Å². The highest BCUT2D eigenvalue weighted by molar-refractivity contribution is 6.51. The summed E-state index contributed by atoms with van der Waals surface area (Å²) in [5, 5.41) is 8.01.